The van der Waals surface area contributed by atoms with Crippen LogP contribution in [0.15, 0.2) is 0 Å². The smallest absolute Gasteiger partial charge is 1.00 e. The van der Waals surface area contributed by atoms with Crippen molar-refractivity contribution in [2.75, 3.05) is 0 Å². The number of hydrogen-bond donors (Lipinski definition) is 1. The molecule has 0 fully saturated rings. The van der Waals surface area contributed by atoms with Crippen molar-refractivity contribution in [2.24, 2.45) is 0 Å². The zero-order chi connectivity index (χ0) is 7.11. The maximum atomic E-state index is 9.96. The summed E-state index contributed by atoms with van der Waals surface area (Å²) in [6, 6.07) is 0. The fraction of sp³-hybridized carbons (Fsp3) is 0.857. The van der Waals surface area contributed by atoms with Gasteiger partial charge in [0.1, 0.15) is 0 Å². The minimum Gasteiger partial charge on any atom is -1.00 e. The molecule has 0 aliphatic heterocycles. The van der Waals surface area contributed by atoms with Crippen molar-refractivity contribution < 1.29 is 40.9 Å². The Hall–Kier alpha value is 0.470. The molecule has 56 valence electrons. The second-order valence-electron chi connectivity index (χ2n) is 2.20. The molecule has 0 aliphatic carbocycles. The van der Waals surface area contributed by atoms with Gasteiger partial charge in [-0.3, -0.25) is 4.79 Å². The predicted molar refractivity (Wildman–Crippen MR) is 37.5 cm³/mol. The van der Waals surface area contributed by atoms with Gasteiger partial charge in [-0.25, -0.2) is 0 Å². The van der Waals surface area contributed by atoms with Gasteiger partial charge in [-0.05, 0) is 6.42 Å². The molecular weight excluding hydrogens is 139 g/mol. The molecule has 0 heterocycles. The zero-order valence-electron chi connectivity index (χ0n) is 7.89. The largest absolute Gasteiger partial charge is 1.00 e. The molecule has 10 heavy (non-hydrogen) atoms. The number of hydrogen-bond acceptors (Lipinski definition) is 1. The van der Waals surface area contributed by atoms with Crippen LogP contribution >= 0.6 is 0 Å². The topological polar surface area (TPSA) is 37.3 Å². The molecule has 0 saturated carbocycles. The Morgan fingerprint density at radius 3 is 2.40 bits per heavy atom. The van der Waals surface area contributed by atoms with Crippen molar-refractivity contribution in [3.63, 3.8) is 0 Å². The Labute approximate surface area is 85.8 Å². The van der Waals surface area contributed by atoms with E-state index in [0.717, 1.165) is 19.3 Å². The summed E-state index contributed by atoms with van der Waals surface area (Å²) in [5.41, 5.74) is 0. The number of rotatable bonds is 5. The van der Waals surface area contributed by atoms with E-state index in [2.05, 4.69) is 6.92 Å². The van der Waals surface area contributed by atoms with Crippen LogP contribution in [-0.2, 0) is 4.79 Å². The van der Waals surface area contributed by atoms with E-state index in [4.69, 9.17) is 5.11 Å². The van der Waals surface area contributed by atoms with Gasteiger partial charge < -0.3 is 6.53 Å². The SMILES string of the molecule is CCCCCCC(=O)O.[H-].[Na+]. The van der Waals surface area contributed by atoms with Crippen LogP contribution in [0.1, 0.15) is 40.5 Å². The van der Waals surface area contributed by atoms with Crippen molar-refractivity contribution in [3.05, 3.63) is 0 Å². The Morgan fingerprint density at radius 1 is 1.40 bits per heavy atom. The van der Waals surface area contributed by atoms with Crippen molar-refractivity contribution in [1.29, 1.82) is 0 Å². The molecule has 0 radical (unpaired) electrons. The third-order valence-electron chi connectivity index (χ3n) is 1.24. The summed E-state index contributed by atoms with van der Waals surface area (Å²) in [5.74, 6) is -0.675. The first-order valence-corrected chi connectivity index (χ1v) is 3.49. The molecule has 0 amide bonds. The number of carbonyl (C=O) groups is 1. The predicted octanol–water partition coefficient (Wildman–Crippen LogP) is -0.842. The van der Waals surface area contributed by atoms with Gasteiger partial charge in [0.25, 0.3) is 0 Å². The first kappa shape index (κ1) is 13.1. The Kier molecular flexibility index (Phi) is 12.4. The second kappa shape index (κ2) is 9.47. The molecule has 0 spiro atoms. The van der Waals surface area contributed by atoms with E-state index >= 15 is 0 Å². The first-order valence-electron chi connectivity index (χ1n) is 3.49. The molecule has 0 atom stereocenters. The third kappa shape index (κ3) is 11.3. The fourth-order valence-electron chi connectivity index (χ4n) is 0.703. The molecule has 0 saturated heterocycles. The summed E-state index contributed by atoms with van der Waals surface area (Å²) in [6.07, 6.45) is 4.55. The van der Waals surface area contributed by atoms with Crippen molar-refractivity contribution in [2.45, 2.75) is 39.0 Å². The van der Waals surface area contributed by atoms with Crippen molar-refractivity contribution in [3.8, 4) is 0 Å². The molecule has 0 aliphatic rings. The molecule has 0 aromatic heterocycles. The summed E-state index contributed by atoms with van der Waals surface area (Å²) in [4.78, 5) is 9.96. The van der Waals surface area contributed by atoms with Crippen LogP contribution in [0.5, 0.6) is 0 Å². The van der Waals surface area contributed by atoms with Gasteiger partial charge in [0.2, 0.25) is 0 Å². The molecule has 0 unspecified atom stereocenters. The van der Waals surface area contributed by atoms with E-state index in [1.54, 1.807) is 0 Å². The Morgan fingerprint density at radius 2 is 2.00 bits per heavy atom. The summed E-state index contributed by atoms with van der Waals surface area (Å²) in [6.45, 7) is 2.11. The van der Waals surface area contributed by atoms with Crippen LogP contribution in [0.3, 0.4) is 0 Å². The molecule has 0 aromatic carbocycles. The molecule has 0 aromatic rings. The molecule has 1 N–H and O–H groups in total. The van der Waals surface area contributed by atoms with E-state index in [9.17, 15) is 4.79 Å². The fourth-order valence-corrected chi connectivity index (χ4v) is 0.703. The van der Waals surface area contributed by atoms with Gasteiger partial charge in [0.15, 0.2) is 0 Å². The van der Waals surface area contributed by atoms with Crippen LogP contribution in [-0.4, -0.2) is 11.1 Å². The molecule has 0 bridgehead atoms. The maximum Gasteiger partial charge on any atom is 1.00 e. The number of unbranched alkanes of at least 4 members (excludes halogenated alkanes) is 3. The van der Waals surface area contributed by atoms with Gasteiger partial charge in [0.05, 0.1) is 0 Å². The molecule has 2 nitrogen and oxygen atoms in total. The molecule has 0 rings (SSSR count). The van der Waals surface area contributed by atoms with Gasteiger partial charge in [-0.15, -0.1) is 0 Å². The van der Waals surface area contributed by atoms with E-state index < -0.39 is 5.97 Å². The number of aliphatic carboxylic acids is 1. The van der Waals surface area contributed by atoms with Crippen molar-refractivity contribution >= 4 is 5.97 Å². The quantitative estimate of drug-likeness (QED) is 0.414. The van der Waals surface area contributed by atoms with Gasteiger partial charge in [0, 0.05) is 6.42 Å². The van der Waals surface area contributed by atoms with E-state index in [1.807, 2.05) is 0 Å². The van der Waals surface area contributed by atoms with Crippen LogP contribution in [0.4, 0.5) is 0 Å². The van der Waals surface area contributed by atoms with E-state index in [0.29, 0.717) is 6.42 Å². The maximum absolute atomic E-state index is 9.96. The van der Waals surface area contributed by atoms with Crippen molar-refractivity contribution in [1.82, 2.24) is 0 Å². The first-order chi connectivity index (χ1) is 4.27. The Balaban J connectivity index is -0.000000320. The average Bonchev–Trinajstić information content (AvgIpc) is 1.80. The Bertz CT molecular complexity index is 88.5. The minimum atomic E-state index is -0.675. The third-order valence-corrected chi connectivity index (χ3v) is 1.24. The van der Waals surface area contributed by atoms with Gasteiger partial charge in [-0.2, -0.15) is 0 Å². The number of carboxylic acids is 1. The normalized spacial score (nSPS) is 8.50. The average molecular weight is 154 g/mol. The number of carboxylic acid groups (broad SMARTS) is 1. The molecular formula is C7H15NaO2. The second-order valence-corrected chi connectivity index (χ2v) is 2.20. The van der Waals surface area contributed by atoms with Crippen LogP contribution in [0.25, 0.3) is 0 Å². The summed E-state index contributed by atoms with van der Waals surface area (Å²) in [7, 11) is 0. The molecule has 3 heteroatoms. The van der Waals surface area contributed by atoms with E-state index in [-0.39, 0.29) is 31.0 Å². The van der Waals surface area contributed by atoms with Gasteiger partial charge >= 0.3 is 35.5 Å². The minimum absolute atomic E-state index is 0. The monoisotopic (exact) mass is 154 g/mol. The zero-order valence-corrected chi connectivity index (χ0v) is 8.89. The summed E-state index contributed by atoms with van der Waals surface area (Å²) in [5, 5.41) is 8.21. The van der Waals surface area contributed by atoms with Gasteiger partial charge in [-0.1, -0.05) is 26.2 Å². The van der Waals surface area contributed by atoms with Crippen LogP contribution in [0, 0.1) is 0 Å². The van der Waals surface area contributed by atoms with E-state index in [1.165, 1.54) is 6.42 Å². The van der Waals surface area contributed by atoms with Crippen LogP contribution in [0.2, 0.25) is 0 Å². The standard InChI is InChI=1S/C7H14O2.Na.H/c1-2-3-4-5-6-7(8)9;;/h2-6H2,1H3,(H,8,9);;/q;+1;-1. The summed E-state index contributed by atoms with van der Waals surface area (Å²) < 4.78 is 0. The van der Waals surface area contributed by atoms with Crippen LogP contribution < -0.4 is 29.6 Å². The summed E-state index contributed by atoms with van der Waals surface area (Å²) >= 11 is 0.